The summed E-state index contributed by atoms with van der Waals surface area (Å²) in [5.74, 6) is -2.23. The molecular weight excluding hydrogens is 416 g/mol. The number of hydrogen-bond acceptors (Lipinski definition) is 5. The van der Waals surface area contributed by atoms with Gasteiger partial charge in [-0.15, -0.1) is 11.3 Å². The summed E-state index contributed by atoms with van der Waals surface area (Å²) in [6, 6.07) is 10.4. The zero-order valence-corrected chi connectivity index (χ0v) is 15.5. The average molecular weight is 429 g/mol. The molecule has 2 heterocycles. The molecule has 0 fully saturated rings. The first-order valence-corrected chi connectivity index (χ1v) is 10.3. The molecule has 1 aromatic carbocycles. The summed E-state index contributed by atoms with van der Waals surface area (Å²) in [7, 11) is -3.67. The lowest BCUT2D eigenvalue weighted by atomic mass is 10.1. The van der Waals surface area contributed by atoms with Crippen molar-refractivity contribution in [3.05, 3.63) is 46.0 Å². The highest BCUT2D eigenvalue weighted by atomic mass is 79.9. The first-order chi connectivity index (χ1) is 11.3. The number of H-pyrrole nitrogens is 1. The molecule has 0 bridgehead atoms. The second-order valence-electron chi connectivity index (χ2n) is 5.28. The monoisotopic (exact) mass is 428 g/mol. The van der Waals surface area contributed by atoms with Gasteiger partial charge in [0, 0.05) is 6.42 Å². The molecule has 6 nitrogen and oxygen atoms in total. The molecule has 24 heavy (non-hydrogen) atoms. The fraction of sp³-hybridized carbons (Fsp3) is 0.200. The van der Waals surface area contributed by atoms with Crippen molar-refractivity contribution in [3.63, 3.8) is 0 Å². The van der Waals surface area contributed by atoms with Crippen molar-refractivity contribution in [2.24, 2.45) is 5.92 Å². The van der Waals surface area contributed by atoms with Crippen LogP contribution >= 0.6 is 27.3 Å². The quantitative estimate of drug-likeness (QED) is 0.627. The molecule has 0 unspecified atom stereocenters. The molecule has 2 aromatic heterocycles. The Morgan fingerprint density at radius 1 is 1.29 bits per heavy atom. The van der Waals surface area contributed by atoms with E-state index in [9.17, 15) is 18.3 Å². The minimum absolute atomic E-state index is 0.0236. The number of nitrogens with one attached hydrogen (secondary N) is 1. The molecular formula is C15H13BrN2O4S2. The SMILES string of the molecule is O=C(O)[C@@H](Cc1nc2ccccc2[nH]1)CS(=O)(=O)c1ccc(Br)s1. The molecule has 0 radical (unpaired) electrons. The molecule has 3 aromatic rings. The van der Waals surface area contributed by atoms with Crippen molar-refractivity contribution < 1.29 is 18.3 Å². The summed E-state index contributed by atoms with van der Waals surface area (Å²) < 4.78 is 25.7. The Kier molecular flexibility index (Phi) is 4.75. The molecule has 0 aliphatic carbocycles. The number of carboxylic acid groups (broad SMARTS) is 1. The topological polar surface area (TPSA) is 100 Å². The number of aliphatic carboxylic acids is 1. The van der Waals surface area contributed by atoms with Crippen LogP contribution in [-0.2, 0) is 21.1 Å². The van der Waals surface area contributed by atoms with Crippen LogP contribution in [0.2, 0.25) is 0 Å². The summed E-state index contributed by atoms with van der Waals surface area (Å²) >= 11 is 4.29. The maximum Gasteiger partial charge on any atom is 0.307 e. The number of sulfone groups is 1. The predicted octanol–water partition coefficient (Wildman–Crippen LogP) is 3.10. The van der Waals surface area contributed by atoms with Gasteiger partial charge in [-0.25, -0.2) is 13.4 Å². The van der Waals surface area contributed by atoms with Gasteiger partial charge < -0.3 is 10.1 Å². The van der Waals surface area contributed by atoms with E-state index in [0.29, 0.717) is 9.61 Å². The fourth-order valence-corrected chi connectivity index (χ4v) is 6.02. The van der Waals surface area contributed by atoms with Gasteiger partial charge in [0.2, 0.25) is 0 Å². The molecule has 0 saturated carbocycles. The number of nitrogens with zero attached hydrogens (tertiary/aromatic N) is 1. The molecule has 2 N–H and O–H groups in total. The standard InChI is InChI=1S/C15H13BrN2O4S2/c16-12-5-6-14(23-12)24(21,22)8-9(15(19)20)7-13-17-10-3-1-2-4-11(10)18-13/h1-6,9H,7-8H2,(H,17,18)(H,19,20)/t9-/m0/s1. The van der Waals surface area contributed by atoms with Crippen LogP contribution in [0, 0.1) is 5.92 Å². The van der Waals surface area contributed by atoms with E-state index in [1.807, 2.05) is 24.3 Å². The average Bonchev–Trinajstić information content (AvgIpc) is 3.12. The van der Waals surface area contributed by atoms with Crippen LogP contribution in [0.25, 0.3) is 11.0 Å². The second-order valence-corrected chi connectivity index (χ2v) is 10.0. The minimum Gasteiger partial charge on any atom is -0.481 e. The number of carboxylic acids is 1. The van der Waals surface area contributed by atoms with E-state index in [1.165, 1.54) is 6.07 Å². The fourth-order valence-electron chi connectivity index (χ4n) is 2.37. The summed E-state index contributed by atoms with van der Waals surface area (Å²) in [5.41, 5.74) is 1.52. The van der Waals surface area contributed by atoms with E-state index >= 15 is 0 Å². The normalized spacial score (nSPS) is 13.2. The third kappa shape index (κ3) is 3.68. The molecule has 0 aliphatic rings. The van der Waals surface area contributed by atoms with E-state index in [1.54, 1.807) is 6.07 Å². The molecule has 0 saturated heterocycles. The van der Waals surface area contributed by atoms with Crippen LogP contribution in [0.5, 0.6) is 0 Å². The minimum atomic E-state index is -3.67. The number of hydrogen-bond donors (Lipinski definition) is 2. The molecule has 0 amide bonds. The number of benzene rings is 1. The van der Waals surface area contributed by atoms with Crippen molar-refractivity contribution in [1.29, 1.82) is 0 Å². The molecule has 0 aliphatic heterocycles. The van der Waals surface area contributed by atoms with Gasteiger partial charge in [0.15, 0.2) is 9.84 Å². The van der Waals surface area contributed by atoms with Crippen LogP contribution in [0.3, 0.4) is 0 Å². The third-order valence-electron chi connectivity index (χ3n) is 3.50. The van der Waals surface area contributed by atoms with Gasteiger partial charge in [0.1, 0.15) is 10.0 Å². The van der Waals surface area contributed by atoms with Gasteiger partial charge in [-0.1, -0.05) is 12.1 Å². The number of aromatic nitrogens is 2. The van der Waals surface area contributed by atoms with E-state index in [4.69, 9.17) is 0 Å². The van der Waals surface area contributed by atoms with Gasteiger partial charge in [0.05, 0.1) is 26.5 Å². The number of carbonyl (C=O) groups is 1. The number of aromatic amines is 1. The van der Waals surface area contributed by atoms with Crippen LogP contribution in [-0.4, -0.2) is 35.2 Å². The lowest BCUT2D eigenvalue weighted by molar-refractivity contribution is -0.140. The highest BCUT2D eigenvalue weighted by Gasteiger charge is 2.28. The Bertz CT molecular complexity index is 961. The Labute approximate surface area is 150 Å². The van der Waals surface area contributed by atoms with Gasteiger partial charge in [-0.2, -0.15) is 0 Å². The maximum atomic E-state index is 12.4. The summed E-state index contributed by atoms with van der Waals surface area (Å²) in [5, 5.41) is 9.41. The molecule has 0 spiro atoms. The second kappa shape index (κ2) is 6.66. The van der Waals surface area contributed by atoms with Gasteiger partial charge in [0.25, 0.3) is 0 Å². The number of halogens is 1. The van der Waals surface area contributed by atoms with Crippen LogP contribution in [0.15, 0.2) is 44.4 Å². The molecule has 1 atom stereocenters. The highest BCUT2D eigenvalue weighted by molar-refractivity contribution is 9.11. The van der Waals surface area contributed by atoms with Gasteiger partial charge in [-0.05, 0) is 40.2 Å². The van der Waals surface area contributed by atoms with E-state index in [2.05, 4.69) is 25.9 Å². The number of thiophene rings is 1. The Morgan fingerprint density at radius 3 is 2.67 bits per heavy atom. The summed E-state index contributed by atoms with van der Waals surface area (Å²) in [6.45, 7) is 0. The lowest BCUT2D eigenvalue weighted by Gasteiger charge is -2.10. The smallest absolute Gasteiger partial charge is 0.307 e. The Morgan fingerprint density at radius 2 is 2.04 bits per heavy atom. The van der Waals surface area contributed by atoms with Crippen LogP contribution in [0.1, 0.15) is 5.82 Å². The third-order valence-corrected chi connectivity index (χ3v) is 7.52. The van der Waals surface area contributed by atoms with E-state index in [-0.39, 0.29) is 10.6 Å². The van der Waals surface area contributed by atoms with Gasteiger partial charge in [-0.3, -0.25) is 4.79 Å². The number of para-hydroxylation sites is 2. The predicted molar refractivity (Wildman–Crippen MR) is 95.0 cm³/mol. The van der Waals surface area contributed by atoms with Gasteiger partial charge >= 0.3 is 5.97 Å². The van der Waals surface area contributed by atoms with Crippen LogP contribution in [0.4, 0.5) is 0 Å². The molecule has 3 rings (SSSR count). The van der Waals surface area contributed by atoms with E-state index < -0.39 is 27.5 Å². The number of rotatable bonds is 6. The van der Waals surface area contributed by atoms with Crippen molar-refractivity contribution >= 4 is 54.1 Å². The zero-order chi connectivity index (χ0) is 17.3. The first-order valence-electron chi connectivity index (χ1n) is 7.00. The Hall–Kier alpha value is -1.71. The highest BCUT2D eigenvalue weighted by Crippen LogP contribution is 2.28. The van der Waals surface area contributed by atoms with Crippen molar-refractivity contribution in [2.75, 3.05) is 5.75 Å². The molecule has 126 valence electrons. The summed E-state index contributed by atoms with van der Waals surface area (Å²) in [6.07, 6.45) is 0.0236. The maximum absolute atomic E-state index is 12.4. The van der Waals surface area contributed by atoms with Crippen LogP contribution < -0.4 is 0 Å². The van der Waals surface area contributed by atoms with Crippen molar-refractivity contribution in [2.45, 2.75) is 10.6 Å². The largest absolute Gasteiger partial charge is 0.481 e. The number of imidazole rings is 1. The van der Waals surface area contributed by atoms with Crippen molar-refractivity contribution in [3.8, 4) is 0 Å². The zero-order valence-electron chi connectivity index (χ0n) is 12.3. The summed E-state index contributed by atoms with van der Waals surface area (Å²) in [4.78, 5) is 18.9. The Balaban J connectivity index is 1.83. The number of fused-ring (bicyclic) bond motifs is 1. The molecule has 9 heteroatoms. The first kappa shape index (κ1) is 17.1. The van der Waals surface area contributed by atoms with E-state index in [0.717, 1.165) is 22.4 Å². The van der Waals surface area contributed by atoms with Crippen molar-refractivity contribution in [1.82, 2.24) is 9.97 Å². The lowest BCUT2D eigenvalue weighted by Crippen LogP contribution is -2.26.